The Kier molecular flexibility index (Phi) is 4.83. The Labute approximate surface area is 143 Å². The summed E-state index contributed by atoms with van der Waals surface area (Å²) >= 11 is 1.23. The molecule has 1 fully saturated rings. The third-order valence-corrected chi connectivity index (χ3v) is 4.85. The Bertz CT molecular complexity index is 758. The van der Waals surface area contributed by atoms with Crippen molar-refractivity contribution < 1.29 is 4.39 Å². The average Bonchev–Trinajstić information content (AvgIpc) is 3.04. The number of hydrogen-bond acceptors (Lipinski definition) is 6. The summed E-state index contributed by atoms with van der Waals surface area (Å²) in [5.74, 6) is 0.760. The van der Waals surface area contributed by atoms with Crippen molar-refractivity contribution in [2.45, 2.75) is 13.0 Å². The van der Waals surface area contributed by atoms with Crippen LogP contribution < -0.4 is 0 Å². The van der Waals surface area contributed by atoms with Crippen molar-refractivity contribution in [1.82, 2.24) is 19.2 Å². The van der Waals surface area contributed by atoms with Gasteiger partial charge < -0.3 is 4.90 Å². The monoisotopic (exact) mass is 344 g/mol. The van der Waals surface area contributed by atoms with Crippen LogP contribution >= 0.6 is 11.5 Å². The standard InChI is InChI=1S/C16H17FN6S/c1-11-20-16(24-21-11)15(19)23-8-6-22(7-9-23)14(10-18)12-2-4-13(17)5-3-12/h2-5,14,19H,6-9H2,1H3. The van der Waals surface area contributed by atoms with Gasteiger partial charge in [-0.05, 0) is 36.2 Å². The second-order valence-electron chi connectivity index (χ2n) is 5.60. The van der Waals surface area contributed by atoms with Gasteiger partial charge in [0.2, 0.25) is 0 Å². The first-order valence-electron chi connectivity index (χ1n) is 7.62. The van der Waals surface area contributed by atoms with E-state index < -0.39 is 6.04 Å². The van der Waals surface area contributed by atoms with Gasteiger partial charge in [-0.3, -0.25) is 10.3 Å². The Morgan fingerprint density at radius 3 is 2.50 bits per heavy atom. The van der Waals surface area contributed by atoms with E-state index in [4.69, 9.17) is 5.41 Å². The molecular formula is C16H17FN6S. The van der Waals surface area contributed by atoms with Crippen molar-refractivity contribution in [3.05, 3.63) is 46.5 Å². The second kappa shape index (κ2) is 7.03. The number of piperazine rings is 1. The molecule has 0 bridgehead atoms. The van der Waals surface area contributed by atoms with Crippen LogP contribution in [0.4, 0.5) is 4.39 Å². The summed E-state index contributed by atoms with van der Waals surface area (Å²) in [7, 11) is 0. The minimum absolute atomic E-state index is 0.305. The molecule has 1 saturated heterocycles. The molecule has 24 heavy (non-hydrogen) atoms. The molecule has 124 valence electrons. The number of hydrogen-bond donors (Lipinski definition) is 1. The summed E-state index contributed by atoms with van der Waals surface area (Å²) in [4.78, 5) is 8.26. The van der Waals surface area contributed by atoms with Crippen molar-refractivity contribution in [1.29, 1.82) is 10.7 Å². The van der Waals surface area contributed by atoms with E-state index in [2.05, 4.69) is 20.3 Å². The molecule has 2 aromatic rings. The topological polar surface area (TPSA) is 79.9 Å². The van der Waals surface area contributed by atoms with Crippen LogP contribution in [-0.2, 0) is 0 Å². The van der Waals surface area contributed by atoms with Gasteiger partial charge >= 0.3 is 0 Å². The third-order valence-electron chi connectivity index (χ3n) is 4.03. The molecule has 0 saturated carbocycles. The van der Waals surface area contributed by atoms with Gasteiger partial charge in [0, 0.05) is 26.2 Å². The summed E-state index contributed by atoms with van der Waals surface area (Å²) in [6, 6.07) is 7.97. The first kappa shape index (κ1) is 16.5. The molecule has 3 rings (SSSR count). The first-order chi connectivity index (χ1) is 11.6. The van der Waals surface area contributed by atoms with E-state index >= 15 is 0 Å². The number of halogens is 1. The minimum atomic E-state index is -0.397. The highest BCUT2D eigenvalue weighted by Crippen LogP contribution is 2.22. The lowest BCUT2D eigenvalue weighted by molar-refractivity contribution is 0.156. The fraction of sp³-hybridized carbons (Fsp3) is 0.375. The highest BCUT2D eigenvalue weighted by atomic mass is 32.1. The Morgan fingerprint density at radius 2 is 1.96 bits per heavy atom. The first-order valence-corrected chi connectivity index (χ1v) is 8.39. The third kappa shape index (κ3) is 3.42. The number of nitriles is 1. The highest BCUT2D eigenvalue weighted by Gasteiger charge is 2.27. The molecule has 0 amide bonds. The number of rotatable bonds is 3. The van der Waals surface area contributed by atoms with Crippen LogP contribution in [-0.4, -0.2) is 51.2 Å². The lowest BCUT2D eigenvalue weighted by Gasteiger charge is -2.37. The van der Waals surface area contributed by atoms with Gasteiger partial charge in [0.25, 0.3) is 0 Å². The van der Waals surface area contributed by atoms with Crippen molar-refractivity contribution in [3.8, 4) is 6.07 Å². The quantitative estimate of drug-likeness (QED) is 0.682. The van der Waals surface area contributed by atoms with Gasteiger partial charge in [-0.2, -0.15) is 9.64 Å². The molecule has 1 aromatic carbocycles. The summed E-state index contributed by atoms with van der Waals surface area (Å²) < 4.78 is 17.2. The molecule has 6 nitrogen and oxygen atoms in total. The molecule has 1 aromatic heterocycles. The summed E-state index contributed by atoms with van der Waals surface area (Å²) in [5, 5.41) is 18.4. The summed E-state index contributed by atoms with van der Waals surface area (Å²) in [5.41, 5.74) is 0.794. The van der Waals surface area contributed by atoms with E-state index in [1.165, 1.54) is 23.7 Å². The molecular weight excluding hydrogens is 327 g/mol. The van der Waals surface area contributed by atoms with Gasteiger partial charge in [-0.1, -0.05) is 12.1 Å². The van der Waals surface area contributed by atoms with Gasteiger partial charge in [-0.15, -0.1) is 0 Å². The second-order valence-corrected chi connectivity index (χ2v) is 6.35. The lowest BCUT2D eigenvalue weighted by Crippen LogP contribution is -2.49. The molecule has 8 heteroatoms. The molecule has 1 atom stereocenters. The number of aryl methyl sites for hydroxylation is 1. The normalized spacial score (nSPS) is 16.6. The van der Waals surface area contributed by atoms with Crippen LogP contribution in [0.15, 0.2) is 24.3 Å². The van der Waals surface area contributed by atoms with Crippen LogP contribution in [0.1, 0.15) is 22.4 Å². The van der Waals surface area contributed by atoms with E-state index in [0.29, 0.717) is 42.8 Å². The van der Waals surface area contributed by atoms with Crippen molar-refractivity contribution >= 4 is 17.4 Å². The average molecular weight is 344 g/mol. The number of nitrogens with zero attached hydrogens (tertiary/aromatic N) is 5. The minimum Gasteiger partial charge on any atom is -0.352 e. The molecule has 0 aliphatic carbocycles. The van der Waals surface area contributed by atoms with Gasteiger partial charge in [0.1, 0.15) is 17.7 Å². The number of benzene rings is 1. The van der Waals surface area contributed by atoms with E-state index in [1.807, 2.05) is 11.8 Å². The maximum absolute atomic E-state index is 13.1. The maximum Gasteiger partial charge on any atom is 0.178 e. The zero-order chi connectivity index (χ0) is 17.1. The largest absolute Gasteiger partial charge is 0.352 e. The molecule has 1 aliphatic rings. The Balaban J connectivity index is 1.64. The fourth-order valence-electron chi connectivity index (χ4n) is 2.74. The van der Waals surface area contributed by atoms with E-state index in [0.717, 1.165) is 5.56 Å². The Hall–Kier alpha value is -2.37. The molecule has 0 radical (unpaired) electrons. The zero-order valence-corrected chi connectivity index (χ0v) is 14.1. The summed E-state index contributed by atoms with van der Waals surface area (Å²) in [6.45, 7) is 4.44. The van der Waals surface area contributed by atoms with Crippen LogP contribution in [0.5, 0.6) is 0 Å². The van der Waals surface area contributed by atoms with Crippen molar-refractivity contribution in [3.63, 3.8) is 0 Å². The van der Waals surface area contributed by atoms with Crippen molar-refractivity contribution in [2.75, 3.05) is 26.2 Å². The lowest BCUT2D eigenvalue weighted by atomic mass is 10.1. The van der Waals surface area contributed by atoms with Crippen LogP contribution in [0.3, 0.4) is 0 Å². The van der Waals surface area contributed by atoms with E-state index in [9.17, 15) is 9.65 Å². The highest BCUT2D eigenvalue weighted by molar-refractivity contribution is 7.07. The van der Waals surface area contributed by atoms with E-state index in [-0.39, 0.29) is 5.82 Å². The number of aromatic nitrogens is 2. The smallest absolute Gasteiger partial charge is 0.178 e. The Morgan fingerprint density at radius 1 is 1.29 bits per heavy atom. The van der Waals surface area contributed by atoms with Crippen LogP contribution in [0.25, 0.3) is 0 Å². The molecule has 1 aliphatic heterocycles. The molecule has 1 N–H and O–H groups in total. The molecule has 1 unspecified atom stereocenters. The maximum atomic E-state index is 13.1. The van der Waals surface area contributed by atoms with Gasteiger partial charge in [0.15, 0.2) is 10.8 Å². The zero-order valence-electron chi connectivity index (χ0n) is 13.2. The van der Waals surface area contributed by atoms with Crippen molar-refractivity contribution in [2.24, 2.45) is 0 Å². The molecule has 0 spiro atoms. The van der Waals surface area contributed by atoms with Crippen LogP contribution in [0.2, 0.25) is 0 Å². The SMILES string of the molecule is Cc1nsc(C(=N)N2CCN(C(C#N)c3ccc(F)cc3)CC2)n1. The van der Waals surface area contributed by atoms with Crippen LogP contribution in [0, 0.1) is 29.5 Å². The van der Waals surface area contributed by atoms with Gasteiger partial charge in [-0.25, -0.2) is 9.37 Å². The van der Waals surface area contributed by atoms with Gasteiger partial charge in [0.05, 0.1) is 6.07 Å². The molecule has 2 heterocycles. The fourth-order valence-corrected chi connectivity index (χ4v) is 3.39. The predicted octanol–water partition coefficient (Wildman–Crippen LogP) is 2.19. The van der Waals surface area contributed by atoms with E-state index in [1.54, 1.807) is 12.1 Å². The summed E-state index contributed by atoms with van der Waals surface area (Å²) in [6.07, 6.45) is 0. The number of nitrogens with one attached hydrogen (secondary N) is 1. The number of amidine groups is 1. The predicted molar refractivity (Wildman–Crippen MR) is 89.4 cm³/mol.